The molecule has 3 rings (SSSR count). The van der Waals surface area contributed by atoms with E-state index in [1.807, 2.05) is 26.0 Å². The minimum atomic E-state index is -0.676. The number of benzene rings is 2. The molecular formula is C21H22N4O5. The molecule has 0 saturated heterocycles. The van der Waals surface area contributed by atoms with Crippen LogP contribution in [0.25, 0.3) is 11.0 Å². The van der Waals surface area contributed by atoms with Crippen molar-refractivity contribution in [2.24, 2.45) is 5.10 Å². The van der Waals surface area contributed by atoms with Crippen LogP contribution in [0.5, 0.6) is 0 Å². The van der Waals surface area contributed by atoms with Crippen LogP contribution in [0.15, 0.2) is 45.9 Å². The summed E-state index contributed by atoms with van der Waals surface area (Å²) in [6, 6.07) is 9.51. The molecule has 9 nitrogen and oxygen atoms in total. The van der Waals surface area contributed by atoms with Gasteiger partial charge in [-0.25, -0.2) is 0 Å². The molecule has 0 amide bonds. The van der Waals surface area contributed by atoms with E-state index in [4.69, 9.17) is 4.42 Å². The van der Waals surface area contributed by atoms with E-state index in [0.29, 0.717) is 12.8 Å². The number of fused-ring (bicyclic) bond motifs is 1. The first kappa shape index (κ1) is 21.0. The monoisotopic (exact) mass is 410 g/mol. The molecule has 0 spiro atoms. The van der Waals surface area contributed by atoms with E-state index in [0.717, 1.165) is 34.9 Å². The molecule has 1 N–H and O–H groups in total. The highest BCUT2D eigenvalue weighted by atomic mass is 16.6. The molecule has 0 atom stereocenters. The van der Waals surface area contributed by atoms with Gasteiger partial charge in [0.05, 0.1) is 15.9 Å². The Morgan fingerprint density at radius 1 is 1.13 bits per heavy atom. The molecule has 156 valence electrons. The summed E-state index contributed by atoms with van der Waals surface area (Å²) in [5, 5.41) is 27.4. The lowest BCUT2D eigenvalue weighted by molar-refractivity contribution is -0.393. The lowest BCUT2D eigenvalue weighted by Gasteiger charge is -2.05. The van der Waals surface area contributed by atoms with E-state index in [2.05, 4.69) is 23.5 Å². The van der Waals surface area contributed by atoms with Crippen LogP contribution in [0.4, 0.5) is 17.1 Å². The summed E-state index contributed by atoms with van der Waals surface area (Å²) in [7, 11) is 0. The van der Waals surface area contributed by atoms with Gasteiger partial charge in [-0.05, 0) is 44.9 Å². The van der Waals surface area contributed by atoms with Crippen molar-refractivity contribution in [2.45, 2.75) is 40.0 Å². The van der Waals surface area contributed by atoms with Crippen molar-refractivity contribution in [2.75, 3.05) is 5.43 Å². The lowest BCUT2D eigenvalue weighted by atomic mass is 10.0. The molecule has 0 fully saturated rings. The Bertz CT molecular complexity index is 1150. The first-order valence-corrected chi connectivity index (χ1v) is 9.53. The van der Waals surface area contributed by atoms with E-state index >= 15 is 0 Å². The average Bonchev–Trinajstić information content (AvgIpc) is 3.06. The van der Waals surface area contributed by atoms with Crippen molar-refractivity contribution in [1.82, 2.24) is 0 Å². The zero-order valence-electron chi connectivity index (χ0n) is 17.0. The van der Waals surface area contributed by atoms with Crippen LogP contribution in [0.1, 0.15) is 37.2 Å². The highest BCUT2D eigenvalue weighted by Gasteiger charge is 2.19. The summed E-state index contributed by atoms with van der Waals surface area (Å²) in [5.41, 5.74) is 5.94. The number of hydrogen-bond acceptors (Lipinski definition) is 7. The van der Waals surface area contributed by atoms with Crippen LogP contribution < -0.4 is 5.43 Å². The van der Waals surface area contributed by atoms with Gasteiger partial charge in [0.2, 0.25) is 0 Å². The fourth-order valence-corrected chi connectivity index (χ4v) is 3.29. The van der Waals surface area contributed by atoms with Crippen LogP contribution in [0, 0.1) is 27.2 Å². The lowest BCUT2D eigenvalue weighted by Crippen LogP contribution is -2.03. The molecular weight excluding hydrogens is 388 g/mol. The van der Waals surface area contributed by atoms with Crippen molar-refractivity contribution in [3.63, 3.8) is 0 Å². The molecule has 0 unspecified atom stereocenters. The SMILES string of the molecule is CCc1c(CC/C(C)=N/Nc2ccc([N+](=O)[O-])cc2[N+](=O)[O-])oc2ccc(C)cc12. The quantitative estimate of drug-likeness (QED) is 0.295. The summed E-state index contributed by atoms with van der Waals surface area (Å²) in [6.45, 7) is 5.94. The fraction of sp³-hybridized carbons (Fsp3) is 0.286. The van der Waals surface area contributed by atoms with Crippen LogP contribution in [0.3, 0.4) is 0 Å². The summed E-state index contributed by atoms with van der Waals surface area (Å²) < 4.78 is 6.02. The third-order valence-electron chi connectivity index (χ3n) is 4.85. The van der Waals surface area contributed by atoms with Gasteiger partial charge in [0, 0.05) is 29.1 Å². The normalized spacial score (nSPS) is 11.6. The van der Waals surface area contributed by atoms with E-state index in [9.17, 15) is 20.2 Å². The maximum Gasteiger partial charge on any atom is 0.301 e. The van der Waals surface area contributed by atoms with Crippen LogP contribution in [-0.2, 0) is 12.8 Å². The minimum absolute atomic E-state index is 0.0957. The Kier molecular flexibility index (Phi) is 6.10. The number of nitro benzene ring substituents is 2. The number of anilines is 1. The van der Waals surface area contributed by atoms with Gasteiger partial charge in [-0.2, -0.15) is 5.10 Å². The second-order valence-electron chi connectivity index (χ2n) is 7.03. The number of non-ortho nitro benzene ring substituents is 1. The molecule has 30 heavy (non-hydrogen) atoms. The van der Waals surface area contributed by atoms with Crippen molar-refractivity contribution in [3.05, 3.63) is 73.5 Å². The molecule has 0 aliphatic heterocycles. The van der Waals surface area contributed by atoms with E-state index in [-0.39, 0.29) is 11.4 Å². The number of nitrogens with zero attached hydrogens (tertiary/aromatic N) is 3. The summed E-state index contributed by atoms with van der Waals surface area (Å²) >= 11 is 0. The number of furan rings is 1. The van der Waals surface area contributed by atoms with Crippen molar-refractivity contribution >= 4 is 33.7 Å². The van der Waals surface area contributed by atoms with Crippen LogP contribution in [0.2, 0.25) is 0 Å². The highest BCUT2D eigenvalue weighted by molar-refractivity contribution is 5.85. The molecule has 3 aromatic rings. The zero-order valence-corrected chi connectivity index (χ0v) is 17.0. The predicted molar refractivity (Wildman–Crippen MR) is 115 cm³/mol. The van der Waals surface area contributed by atoms with Gasteiger partial charge in [-0.1, -0.05) is 18.6 Å². The second-order valence-corrected chi connectivity index (χ2v) is 7.03. The van der Waals surface area contributed by atoms with Gasteiger partial charge in [-0.15, -0.1) is 0 Å². The minimum Gasteiger partial charge on any atom is -0.461 e. The van der Waals surface area contributed by atoms with Crippen LogP contribution >= 0.6 is 0 Å². The predicted octanol–water partition coefficient (Wildman–Crippen LogP) is 5.54. The Hall–Kier alpha value is -3.75. The molecule has 2 aromatic carbocycles. The first-order chi connectivity index (χ1) is 14.3. The Balaban J connectivity index is 1.74. The van der Waals surface area contributed by atoms with Gasteiger partial charge in [0.1, 0.15) is 17.0 Å². The van der Waals surface area contributed by atoms with Crippen LogP contribution in [-0.4, -0.2) is 15.6 Å². The van der Waals surface area contributed by atoms with Crippen molar-refractivity contribution < 1.29 is 14.3 Å². The topological polar surface area (TPSA) is 124 Å². The Labute approximate surface area is 172 Å². The average molecular weight is 410 g/mol. The van der Waals surface area contributed by atoms with Gasteiger partial charge < -0.3 is 4.42 Å². The van der Waals surface area contributed by atoms with E-state index in [1.54, 1.807) is 0 Å². The molecule has 9 heteroatoms. The third kappa shape index (κ3) is 4.45. The summed E-state index contributed by atoms with van der Waals surface area (Å²) in [5.74, 6) is 0.911. The third-order valence-corrected chi connectivity index (χ3v) is 4.85. The second kappa shape index (κ2) is 8.73. The number of nitrogens with one attached hydrogen (secondary N) is 1. The first-order valence-electron chi connectivity index (χ1n) is 9.53. The summed E-state index contributed by atoms with van der Waals surface area (Å²) in [6.07, 6.45) is 2.10. The van der Waals surface area contributed by atoms with Crippen molar-refractivity contribution in [3.8, 4) is 0 Å². The zero-order chi connectivity index (χ0) is 21.8. The highest BCUT2D eigenvalue weighted by Crippen LogP contribution is 2.30. The fourth-order valence-electron chi connectivity index (χ4n) is 3.29. The smallest absolute Gasteiger partial charge is 0.301 e. The molecule has 0 radical (unpaired) electrons. The number of aryl methyl sites for hydroxylation is 3. The Morgan fingerprint density at radius 3 is 2.57 bits per heavy atom. The standard InChI is InChI=1S/C21H22N4O5/c1-4-16-17-11-13(2)5-9-21(17)30-20(16)10-6-14(3)22-23-18-8-7-15(24(26)27)12-19(18)25(28)29/h5,7-9,11-12,23H,4,6,10H2,1-3H3/b22-14+. The maximum atomic E-state index is 11.2. The van der Waals surface area contributed by atoms with Gasteiger partial charge in [-0.3, -0.25) is 25.7 Å². The van der Waals surface area contributed by atoms with E-state index < -0.39 is 15.5 Å². The molecule has 0 bridgehead atoms. The molecule has 0 aliphatic carbocycles. The summed E-state index contributed by atoms with van der Waals surface area (Å²) in [4.78, 5) is 20.7. The van der Waals surface area contributed by atoms with Gasteiger partial charge in [0.25, 0.3) is 5.69 Å². The number of nitro groups is 2. The maximum absolute atomic E-state index is 11.2. The van der Waals surface area contributed by atoms with Gasteiger partial charge >= 0.3 is 5.69 Å². The largest absolute Gasteiger partial charge is 0.461 e. The van der Waals surface area contributed by atoms with E-state index in [1.165, 1.54) is 23.3 Å². The number of hydrogen-bond donors (Lipinski definition) is 1. The molecule has 1 aromatic heterocycles. The molecule has 1 heterocycles. The van der Waals surface area contributed by atoms with Crippen molar-refractivity contribution in [1.29, 1.82) is 0 Å². The van der Waals surface area contributed by atoms with Gasteiger partial charge in [0.15, 0.2) is 0 Å². The number of rotatable bonds is 8. The Morgan fingerprint density at radius 2 is 1.90 bits per heavy atom. The molecule has 0 saturated carbocycles. The number of hydrazone groups is 1. The molecule has 0 aliphatic rings.